The number of nitrogens with zero attached hydrogens (tertiary/aromatic N) is 4. The summed E-state index contributed by atoms with van der Waals surface area (Å²) in [6.45, 7) is 0.0880. The Kier molecular flexibility index (Phi) is 5.75. The second-order valence-electron chi connectivity index (χ2n) is 6.70. The average molecular weight is 414 g/mol. The number of rotatable bonds is 6. The van der Waals surface area contributed by atoms with E-state index < -0.39 is 0 Å². The predicted octanol–water partition coefficient (Wildman–Crippen LogP) is 2.47. The summed E-state index contributed by atoms with van der Waals surface area (Å²) < 4.78 is 1.17. The van der Waals surface area contributed by atoms with Crippen LogP contribution in [0.1, 0.15) is 16.8 Å². The van der Waals surface area contributed by atoms with Gasteiger partial charge in [-0.05, 0) is 42.5 Å². The number of carbonyl (C=O) groups excluding carboxylic acids is 2. The molecular weight excluding hydrogens is 396 g/mol. The van der Waals surface area contributed by atoms with Gasteiger partial charge in [-0.3, -0.25) is 19.4 Å². The van der Waals surface area contributed by atoms with Crippen LogP contribution in [0.15, 0.2) is 77.9 Å². The first kappa shape index (κ1) is 19.9. The fourth-order valence-electron chi connectivity index (χ4n) is 2.98. The van der Waals surface area contributed by atoms with Gasteiger partial charge in [0.2, 0.25) is 5.91 Å². The van der Waals surface area contributed by atoms with Crippen LogP contribution in [0, 0.1) is 0 Å². The number of hydrogen-bond donors (Lipinski definition) is 2. The van der Waals surface area contributed by atoms with Gasteiger partial charge in [0, 0.05) is 35.8 Å². The number of hydrogen-bond acceptors (Lipinski definition) is 6. The minimum absolute atomic E-state index is 0.0281. The molecule has 0 fully saturated rings. The Morgan fingerprint density at radius 1 is 0.903 bits per heavy atom. The van der Waals surface area contributed by atoms with Gasteiger partial charge in [0.1, 0.15) is 5.52 Å². The summed E-state index contributed by atoms with van der Waals surface area (Å²) >= 11 is 0. The highest BCUT2D eigenvalue weighted by molar-refractivity contribution is 6.05. The standard InChI is InChI=1S/C22H18N6O3/c29-20(10-13-28-22(31)18-6-1-2-7-19(18)26-27-28)24-17-5-3-4-15(14-17)21(30)25-16-8-11-23-12-9-16/h1-9,11-12,14H,10,13H2,(H,24,29)(H,23,25,30). The number of carbonyl (C=O) groups is 2. The van der Waals surface area contributed by atoms with Gasteiger partial charge >= 0.3 is 0 Å². The Balaban J connectivity index is 1.39. The maximum Gasteiger partial charge on any atom is 0.277 e. The number of aryl methyl sites for hydroxylation is 1. The number of benzene rings is 2. The molecule has 0 saturated heterocycles. The fourth-order valence-corrected chi connectivity index (χ4v) is 2.98. The van der Waals surface area contributed by atoms with Crippen molar-refractivity contribution >= 4 is 34.1 Å². The lowest BCUT2D eigenvalue weighted by molar-refractivity contribution is -0.116. The highest BCUT2D eigenvalue weighted by atomic mass is 16.2. The van der Waals surface area contributed by atoms with E-state index >= 15 is 0 Å². The Hall–Kier alpha value is -4.40. The molecule has 2 amide bonds. The van der Waals surface area contributed by atoms with Crippen LogP contribution in [0.25, 0.3) is 10.9 Å². The third-order valence-corrected chi connectivity index (χ3v) is 4.53. The lowest BCUT2D eigenvalue weighted by Crippen LogP contribution is -2.26. The molecule has 0 aliphatic rings. The highest BCUT2D eigenvalue weighted by Crippen LogP contribution is 2.13. The molecule has 0 radical (unpaired) electrons. The van der Waals surface area contributed by atoms with Gasteiger partial charge in [-0.2, -0.15) is 0 Å². The van der Waals surface area contributed by atoms with Crippen LogP contribution in [0.2, 0.25) is 0 Å². The Morgan fingerprint density at radius 3 is 2.55 bits per heavy atom. The molecule has 0 aliphatic heterocycles. The normalized spacial score (nSPS) is 10.6. The molecule has 0 unspecified atom stereocenters. The van der Waals surface area contributed by atoms with Crippen LogP contribution in [0.5, 0.6) is 0 Å². The van der Waals surface area contributed by atoms with E-state index in [0.29, 0.717) is 27.8 Å². The lowest BCUT2D eigenvalue weighted by atomic mass is 10.2. The first-order valence-electron chi connectivity index (χ1n) is 9.54. The monoisotopic (exact) mass is 414 g/mol. The molecule has 9 heteroatoms. The third kappa shape index (κ3) is 4.78. The van der Waals surface area contributed by atoms with E-state index in [0.717, 1.165) is 0 Å². The topological polar surface area (TPSA) is 119 Å². The number of nitrogens with one attached hydrogen (secondary N) is 2. The summed E-state index contributed by atoms with van der Waals surface area (Å²) in [6.07, 6.45) is 3.19. The first-order valence-corrected chi connectivity index (χ1v) is 9.54. The molecule has 154 valence electrons. The summed E-state index contributed by atoms with van der Waals surface area (Å²) in [5.41, 5.74) is 1.70. The maximum absolute atomic E-state index is 12.4. The van der Waals surface area contributed by atoms with E-state index in [-0.39, 0.29) is 30.3 Å². The van der Waals surface area contributed by atoms with E-state index in [9.17, 15) is 14.4 Å². The van der Waals surface area contributed by atoms with Crippen molar-refractivity contribution in [1.29, 1.82) is 0 Å². The van der Waals surface area contributed by atoms with Gasteiger partial charge in [0.25, 0.3) is 11.5 Å². The molecule has 31 heavy (non-hydrogen) atoms. The number of amides is 2. The second kappa shape index (κ2) is 8.95. The second-order valence-corrected chi connectivity index (χ2v) is 6.70. The molecule has 2 heterocycles. The third-order valence-electron chi connectivity index (χ3n) is 4.53. The van der Waals surface area contributed by atoms with E-state index in [1.807, 2.05) is 0 Å². The van der Waals surface area contributed by atoms with E-state index in [2.05, 4.69) is 25.9 Å². The van der Waals surface area contributed by atoms with Crippen LogP contribution in [-0.4, -0.2) is 31.8 Å². The minimum Gasteiger partial charge on any atom is -0.326 e. The number of aromatic nitrogens is 4. The zero-order chi connectivity index (χ0) is 21.6. The quantitative estimate of drug-likeness (QED) is 0.500. The maximum atomic E-state index is 12.4. The van der Waals surface area contributed by atoms with Gasteiger partial charge < -0.3 is 10.6 Å². The van der Waals surface area contributed by atoms with Crippen LogP contribution < -0.4 is 16.2 Å². The lowest BCUT2D eigenvalue weighted by Gasteiger charge is -2.09. The zero-order valence-electron chi connectivity index (χ0n) is 16.4. The van der Waals surface area contributed by atoms with Crippen LogP contribution in [-0.2, 0) is 11.3 Å². The van der Waals surface area contributed by atoms with Crippen molar-refractivity contribution in [1.82, 2.24) is 20.0 Å². The zero-order valence-corrected chi connectivity index (χ0v) is 16.4. The summed E-state index contributed by atoms with van der Waals surface area (Å²) in [7, 11) is 0. The van der Waals surface area contributed by atoms with Crippen molar-refractivity contribution < 1.29 is 9.59 Å². The molecule has 0 aliphatic carbocycles. The fraction of sp³-hybridized carbons (Fsp3) is 0.0909. The van der Waals surface area contributed by atoms with Gasteiger partial charge in [-0.1, -0.05) is 23.4 Å². The van der Waals surface area contributed by atoms with Gasteiger partial charge in [-0.25, -0.2) is 4.68 Å². The molecule has 4 rings (SSSR count). The van der Waals surface area contributed by atoms with Gasteiger partial charge in [0.05, 0.1) is 11.9 Å². The highest BCUT2D eigenvalue weighted by Gasteiger charge is 2.10. The van der Waals surface area contributed by atoms with Gasteiger partial charge in [-0.15, -0.1) is 5.10 Å². The number of fused-ring (bicyclic) bond motifs is 1. The molecule has 0 spiro atoms. The van der Waals surface area contributed by atoms with Crippen molar-refractivity contribution in [2.45, 2.75) is 13.0 Å². The Bertz CT molecular complexity index is 1300. The smallest absolute Gasteiger partial charge is 0.277 e. The van der Waals surface area contributed by atoms with Crippen molar-refractivity contribution in [2.75, 3.05) is 10.6 Å². The number of pyridine rings is 1. The molecule has 2 N–H and O–H groups in total. The van der Waals surface area contributed by atoms with E-state index in [1.54, 1.807) is 73.1 Å². The van der Waals surface area contributed by atoms with Crippen molar-refractivity contribution in [3.8, 4) is 0 Å². The molecule has 4 aromatic rings. The molecular formula is C22H18N6O3. The first-order chi connectivity index (χ1) is 15.1. The van der Waals surface area contributed by atoms with Crippen molar-refractivity contribution in [3.05, 3.63) is 89.0 Å². The van der Waals surface area contributed by atoms with E-state index in [4.69, 9.17) is 0 Å². The minimum atomic E-state index is -0.312. The van der Waals surface area contributed by atoms with Crippen molar-refractivity contribution in [3.63, 3.8) is 0 Å². The molecule has 2 aromatic heterocycles. The molecule has 9 nitrogen and oxygen atoms in total. The Labute approximate surface area is 176 Å². The molecule has 0 atom stereocenters. The average Bonchev–Trinajstić information content (AvgIpc) is 2.80. The number of anilines is 2. The SMILES string of the molecule is O=C(CCn1nnc2ccccc2c1=O)Nc1cccc(C(=O)Nc2ccncc2)c1. The summed E-state index contributed by atoms with van der Waals surface area (Å²) in [5.74, 6) is -0.617. The van der Waals surface area contributed by atoms with E-state index in [1.165, 1.54) is 4.68 Å². The van der Waals surface area contributed by atoms with Crippen LogP contribution in [0.3, 0.4) is 0 Å². The summed E-state index contributed by atoms with van der Waals surface area (Å²) in [4.78, 5) is 41.1. The van der Waals surface area contributed by atoms with Crippen molar-refractivity contribution in [2.24, 2.45) is 0 Å². The molecule has 0 bridgehead atoms. The van der Waals surface area contributed by atoms with Gasteiger partial charge in [0.15, 0.2) is 0 Å². The van der Waals surface area contributed by atoms with Crippen LogP contribution >= 0.6 is 0 Å². The largest absolute Gasteiger partial charge is 0.326 e. The Morgan fingerprint density at radius 2 is 1.71 bits per heavy atom. The predicted molar refractivity (Wildman–Crippen MR) is 116 cm³/mol. The summed E-state index contributed by atoms with van der Waals surface area (Å²) in [6, 6.07) is 16.9. The summed E-state index contributed by atoms with van der Waals surface area (Å²) in [5, 5.41) is 13.8. The molecule has 0 saturated carbocycles. The van der Waals surface area contributed by atoms with Crippen LogP contribution in [0.4, 0.5) is 11.4 Å². The molecule has 2 aromatic carbocycles.